The predicted molar refractivity (Wildman–Crippen MR) is 75.2 cm³/mol. The van der Waals surface area contributed by atoms with Gasteiger partial charge < -0.3 is 15.0 Å². The summed E-state index contributed by atoms with van der Waals surface area (Å²) < 4.78 is 5.52. The second-order valence-corrected chi connectivity index (χ2v) is 5.82. The third-order valence-electron chi connectivity index (χ3n) is 4.56. The van der Waals surface area contributed by atoms with Gasteiger partial charge in [-0.15, -0.1) is 0 Å². The summed E-state index contributed by atoms with van der Waals surface area (Å²) >= 11 is 0. The highest BCUT2D eigenvalue weighted by molar-refractivity contribution is 5.77. The van der Waals surface area contributed by atoms with Gasteiger partial charge in [-0.1, -0.05) is 0 Å². The Balaban J connectivity index is 1.69. The van der Waals surface area contributed by atoms with Gasteiger partial charge in [0.1, 0.15) is 0 Å². The molecular weight excluding hydrogens is 242 g/mol. The second-order valence-electron chi connectivity index (χ2n) is 5.82. The summed E-state index contributed by atoms with van der Waals surface area (Å²) in [5, 5.41) is 3.34. The molecule has 0 bridgehead atoms. The molecule has 1 aliphatic heterocycles. The normalized spacial score (nSPS) is 22.8. The molecule has 2 rings (SSSR count). The van der Waals surface area contributed by atoms with Crippen LogP contribution in [0.15, 0.2) is 0 Å². The molecule has 2 fully saturated rings. The number of piperazine rings is 1. The average molecular weight is 269 g/mol. The fourth-order valence-electron chi connectivity index (χ4n) is 2.79. The highest BCUT2D eigenvalue weighted by atomic mass is 16.5. The average Bonchev–Trinajstić information content (AvgIpc) is 2.41. The molecule has 5 heteroatoms. The summed E-state index contributed by atoms with van der Waals surface area (Å²) in [5.74, 6) is 0.219. The van der Waals surface area contributed by atoms with Crippen molar-refractivity contribution in [3.05, 3.63) is 0 Å². The molecule has 1 aliphatic carbocycles. The van der Waals surface area contributed by atoms with Crippen molar-refractivity contribution in [1.82, 2.24) is 15.1 Å². The van der Waals surface area contributed by atoms with Gasteiger partial charge in [-0.05, 0) is 19.3 Å². The summed E-state index contributed by atoms with van der Waals surface area (Å²) in [5.41, 5.74) is -0.152. The van der Waals surface area contributed by atoms with E-state index in [0.717, 1.165) is 52.1 Å². The van der Waals surface area contributed by atoms with E-state index in [1.54, 1.807) is 7.11 Å². The van der Waals surface area contributed by atoms with Crippen molar-refractivity contribution in [3.8, 4) is 0 Å². The van der Waals surface area contributed by atoms with Crippen molar-refractivity contribution in [1.29, 1.82) is 0 Å². The van der Waals surface area contributed by atoms with E-state index < -0.39 is 0 Å². The fourth-order valence-corrected chi connectivity index (χ4v) is 2.79. The van der Waals surface area contributed by atoms with Crippen molar-refractivity contribution in [2.45, 2.75) is 31.3 Å². The maximum absolute atomic E-state index is 12.2. The highest BCUT2D eigenvalue weighted by Crippen LogP contribution is 2.38. The van der Waals surface area contributed by atoms with Crippen molar-refractivity contribution < 1.29 is 9.53 Å². The molecule has 0 atom stereocenters. The minimum absolute atomic E-state index is 0.152. The van der Waals surface area contributed by atoms with Crippen LogP contribution < -0.4 is 5.32 Å². The summed E-state index contributed by atoms with van der Waals surface area (Å²) in [6.07, 6.45) is 3.79. The van der Waals surface area contributed by atoms with Crippen molar-refractivity contribution >= 4 is 5.91 Å². The number of carbonyl (C=O) groups is 1. The molecule has 2 aliphatic rings. The molecule has 0 aromatic rings. The monoisotopic (exact) mass is 269 g/mol. The number of likely N-dealkylation sites (N-methyl/N-ethyl adjacent to an activating group) is 1. The van der Waals surface area contributed by atoms with E-state index in [0.29, 0.717) is 6.42 Å². The highest BCUT2D eigenvalue weighted by Gasteiger charge is 2.39. The van der Waals surface area contributed by atoms with Gasteiger partial charge in [0.15, 0.2) is 0 Å². The maximum Gasteiger partial charge on any atom is 0.225 e. The Bertz CT molecular complexity index is 294. The Morgan fingerprint density at radius 2 is 2.05 bits per heavy atom. The van der Waals surface area contributed by atoms with Crippen LogP contribution in [0.4, 0.5) is 0 Å². The third-order valence-corrected chi connectivity index (χ3v) is 4.56. The van der Waals surface area contributed by atoms with E-state index >= 15 is 0 Å². The molecule has 1 N–H and O–H groups in total. The summed E-state index contributed by atoms with van der Waals surface area (Å²) in [4.78, 5) is 16.5. The molecule has 0 aromatic heterocycles. The SMILES string of the molecule is COC1(CC(=O)N(C)CCN2CCNCC2)CCC1. The number of rotatable bonds is 6. The zero-order valence-electron chi connectivity index (χ0n) is 12.3. The summed E-state index contributed by atoms with van der Waals surface area (Å²) in [6, 6.07) is 0. The van der Waals surface area contributed by atoms with E-state index in [1.807, 2.05) is 11.9 Å². The number of hydrogen-bond donors (Lipinski definition) is 1. The number of nitrogens with zero attached hydrogens (tertiary/aromatic N) is 2. The molecule has 0 radical (unpaired) electrons. The van der Waals surface area contributed by atoms with E-state index in [4.69, 9.17) is 4.74 Å². The number of nitrogens with one attached hydrogen (secondary N) is 1. The van der Waals surface area contributed by atoms with Crippen LogP contribution in [0.3, 0.4) is 0 Å². The van der Waals surface area contributed by atoms with Crippen LogP contribution in [-0.4, -0.2) is 74.7 Å². The van der Waals surface area contributed by atoms with Crippen LogP contribution in [0.5, 0.6) is 0 Å². The smallest absolute Gasteiger partial charge is 0.225 e. The van der Waals surface area contributed by atoms with Crippen LogP contribution in [0.1, 0.15) is 25.7 Å². The maximum atomic E-state index is 12.2. The molecule has 1 amide bonds. The lowest BCUT2D eigenvalue weighted by Gasteiger charge is -2.41. The minimum Gasteiger partial charge on any atom is -0.378 e. The lowest BCUT2D eigenvalue weighted by Crippen LogP contribution is -2.48. The molecule has 0 unspecified atom stereocenters. The first-order valence-corrected chi connectivity index (χ1v) is 7.37. The number of carbonyl (C=O) groups excluding carboxylic acids is 1. The Kier molecular flexibility index (Phi) is 5.19. The predicted octanol–water partition coefficient (Wildman–Crippen LogP) is 0.309. The number of hydrogen-bond acceptors (Lipinski definition) is 4. The molecule has 1 saturated heterocycles. The topological polar surface area (TPSA) is 44.8 Å². The zero-order valence-corrected chi connectivity index (χ0v) is 12.3. The lowest BCUT2D eigenvalue weighted by atomic mass is 9.77. The first kappa shape index (κ1) is 14.8. The Hall–Kier alpha value is -0.650. The molecular formula is C14H27N3O2. The number of methoxy groups -OCH3 is 1. The first-order valence-electron chi connectivity index (χ1n) is 7.37. The third kappa shape index (κ3) is 3.91. The van der Waals surface area contributed by atoms with Gasteiger partial charge >= 0.3 is 0 Å². The number of ether oxygens (including phenoxy) is 1. The molecule has 5 nitrogen and oxygen atoms in total. The van der Waals surface area contributed by atoms with Crippen molar-refractivity contribution in [2.24, 2.45) is 0 Å². The molecule has 1 saturated carbocycles. The van der Waals surface area contributed by atoms with E-state index in [9.17, 15) is 4.79 Å². The first-order chi connectivity index (χ1) is 9.15. The van der Waals surface area contributed by atoms with Gasteiger partial charge in [0, 0.05) is 53.4 Å². The van der Waals surface area contributed by atoms with Gasteiger partial charge in [0.05, 0.1) is 12.0 Å². The van der Waals surface area contributed by atoms with E-state index in [1.165, 1.54) is 6.42 Å². The van der Waals surface area contributed by atoms with Crippen LogP contribution in [-0.2, 0) is 9.53 Å². The lowest BCUT2D eigenvalue weighted by molar-refractivity contribution is -0.143. The van der Waals surface area contributed by atoms with Gasteiger partial charge in [-0.3, -0.25) is 9.69 Å². The van der Waals surface area contributed by atoms with Gasteiger partial charge in [0.25, 0.3) is 0 Å². The van der Waals surface area contributed by atoms with Gasteiger partial charge in [0.2, 0.25) is 5.91 Å². The Morgan fingerprint density at radius 1 is 1.37 bits per heavy atom. The largest absolute Gasteiger partial charge is 0.378 e. The summed E-state index contributed by atoms with van der Waals surface area (Å²) in [7, 11) is 3.64. The zero-order chi connectivity index (χ0) is 13.7. The minimum atomic E-state index is -0.152. The van der Waals surface area contributed by atoms with Gasteiger partial charge in [-0.25, -0.2) is 0 Å². The molecule has 1 heterocycles. The Labute approximate surface area is 116 Å². The van der Waals surface area contributed by atoms with Crippen LogP contribution >= 0.6 is 0 Å². The summed E-state index contributed by atoms with van der Waals surface area (Å²) in [6.45, 7) is 6.09. The van der Waals surface area contributed by atoms with E-state index in [-0.39, 0.29) is 11.5 Å². The van der Waals surface area contributed by atoms with Crippen molar-refractivity contribution in [2.75, 3.05) is 53.4 Å². The quantitative estimate of drug-likeness (QED) is 0.754. The van der Waals surface area contributed by atoms with Crippen LogP contribution in [0.2, 0.25) is 0 Å². The second kappa shape index (κ2) is 6.68. The molecule has 110 valence electrons. The molecule has 0 spiro atoms. The molecule has 19 heavy (non-hydrogen) atoms. The Morgan fingerprint density at radius 3 is 2.58 bits per heavy atom. The van der Waals surface area contributed by atoms with Crippen molar-refractivity contribution in [3.63, 3.8) is 0 Å². The molecule has 0 aromatic carbocycles. The number of amides is 1. The van der Waals surface area contributed by atoms with Crippen LogP contribution in [0, 0.1) is 0 Å². The van der Waals surface area contributed by atoms with Crippen LogP contribution in [0.25, 0.3) is 0 Å². The standard InChI is InChI=1S/C14H27N3O2/c1-16(10-11-17-8-6-15-7-9-17)13(18)12-14(19-2)4-3-5-14/h15H,3-12H2,1-2H3. The fraction of sp³-hybridized carbons (Fsp3) is 0.929. The van der Waals surface area contributed by atoms with Gasteiger partial charge in [-0.2, -0.15) is 0 Å². The van der Waals surface area contributed by atoms with E-state index in [2.05, 4.69) is 10.2 Å².